The number of nitrogens with two attached hydrogens (primary N) is 1. The summed E-state index contributed by atoms with van der Waals surface area (Å²) in [5, 5.41) is 0. The van der Waals surface area contributed by atoms with E-state index in [1.54, 1.807) is 7.05 Å². The zero-order valence-corrected chi connectivity index (χ0v) is 8.83. The van der Waals surface area contributed by atoms with Gasteiger partial charge in [0.1, 0.15) is 0 Å². The van der Waals surface area contributed by atoms with Gasteiger partial charge in [0.25, 0.3) is 0 Å². The van der Waals surface area contributed by atoms with Crippen molar-refractivity contribution in [2.75, 3.05) is 12.8 Å². The van der Waals surface area contributed by atoms with Gasteiger partial charge < -0.3 is 5.73 Å². The molecular weight excluding hydrogens is 160 g/mol. The standard InChI is InChI=1S/C9H12N2.C2H6/c1-7-5-9(10)4-3-8(7)6-11-2;1-2/h3-6H,10H2,1-2H3;1-2H3. The first-order chi connectivity index (χ1) is 6.24. The minimum atomic E-state index is 0.802. The third-order valence-electron chi connectivity index (χ3n) is 1.56. The summed E-state index contributed by atoms with van der Waals surface area (Å²) in [7, 11) is 1.76. The van der Waals surface area contributed by atoms with Crippen LogP contribution in [0.1, 0.15) is 25.0 Å². The molecule has 1 rings (SSSR count). The summed E-state index contributed by atoms with van der Waals surface area (Å²) in [4.78, 5) is 3.93. The fraction of sp³-hybridized carbons (Fsp3) is 0.364. The van der Waals surface area contributed by atoms with Gasteiger partial charge in [0, 0.05) is 18.9 Å². The Kier molecular flexibility index (Phi) is 5.60. The molecule has 0 aromatic heterocycles. The topological polar surface area (TPSA) is 38.4 Å². The van der Waals surface area contributed by atoms with Gasteiger partial charge in [-0.1, -0.05) is 19.9 Å². The molecule has 0 unspecified atom stereocenters. The average Bonchev–Trinajstić information content (AvgIpc) is 2.14. The molecule has 0 saturated carbocycles. The minimum Gasteiger partial charge on any atom is -0.399 e. The van der Waals surface area contributed by atoms with Crippen LogP contribution in [0.25, 0.3) is 0 Å². The predicted molar refractivity (Wildman–Crippen MR) is 60.5 cm³/mol. The lowest BCUT2D eigenvalue weighted by Gasteiger charge is -1.99. The number of anilines is 1. The SMILES string of the molecule is CC.CN=Cc1ccc(N)cc1C. The second-order valence-electron chi connectivity index (χ2n) is 2.50. The van der Waals surface area contributed by atoms with Gasteiger partial charge in [-0.05, 0) is 30.2 Å². The van der Waals surface area contributed by atoms with Crippen molar-refractivity contribution in [2.45, 2.75) is 20.8 Å². The summed E-state index contributed by atoms with van der Waals surface area (Å²) in [5.74, 6) is 0. The van der Waals surface area contributed by atoms with E-state index < -0.39 is 0 Å². The number of aryl methyl sites for hydroxylation is 1. The first-order valence-electron chi connectivity index (χ1n) is 4.52. The van der Waals surface area contributed by atoms with Crippen molar-refractivity contribution in [2.24, 2.45) is 4.99 Å². The molecule has 2 nitrogen and oxygen atoms in total. The molecule has 0 aliphatic rings. The molecule has 0 fully saturated rings. The van der Waals surface area contributed by atoms with Crippen LogP contribution in [-0.4, -0.2) is 13.3 Å². The normalized spacial score (nSPS) is 9.54. The molecule has 0 atom stereocenters. The monoisotopic (exact) mass is 178 g/mol. The zero-order valence-electron chi connectivity index (χ0n) is 8.83. The summed E-state index contributed by atoms with van der Waals surface area (Å²) in [6, 6.07) is 5.79. The molecule has 0 aliphatic carbocycles. The van der Waals surface area contributed by atoms with Crippen LogP contribution in [0.2, 0.25) is 0 Å². The van der Waals surface area contributed by atoms with E-state index in [0.29, 0.717) is 0 Å². The second kappa shape index (κ2) is 6.23. The van der Waals surface area contributed by atoms with E-state index >= 15 is 0 Å². The van der Waals surface area contributed by atoms with Crippen LogP contribution >= 0.6 is 0 Å². The van der Waals surface area contributed by atoms with E-state index in [-0.39, 0.29) is 0 Å². The van der Waals surface area contributed by atoms with Gasteiger partial charge in [-0.3, -0.25) is 4.99 Å². The van der Waals surface area contributed by atoms with Crippen molar-refractivity contribution in [3.05, 3.63) is 29.3 Å². The van der Waals surface area contributed by atoms with Gasteiger partial charge in [0.15, 0.2) is 0 Å². The fourth-order valence-electron chi connectivity index (χ4n) is 0.983. The van der Waals surface area contributed by atoms with Gasteiger partial charge in [0.05, 0.1) is 0 Å². The van der Waals surface area contributed by atoms with E-state index in [0.717, 1.165) is 16.8 Å². The van der Waals surface area contributed by atoms with Crippen LogP contribution in [0.4, 0.5) is 5.69 Å². The Morgan fingerprint density at radius 3 is 2.38 bits per heavy atom. The van der Waals surface area contributed by atoms with Crippen molar-refractivity contribution in [1.82, 2.24) is 0 Å². The summed E-state index contributed by atoms with van der Waals surface area (Å²) in [6.07, 6.45) is 1.83. The predicted octanol–water partition coefficient (Wildman–Crippen LogP) is 2.65. The Labute approximate surface area is 80.5 Å². The number of nitrogens with zero attached hydrogens (tertiary/aromatic N) is 1. The average molecular weight is 178 g/mol. The highest BCUT2D eigenvalue weighted by molar-refractivity contribution is 5.82. The van der Waals surface area contributed by atoms with Gasteiger partial charge in [-0.25, -0.2) is 0 Å². The number of aliphatic imine (C=N–C) groups is 1. The fourth-order valence-corrected chi connectivity index (χ4v) is 0.983. The van der Waals surface area contributed by atoms with Crippen LogP contribution in [-0.2, 0) is 0 Å². The van der Waals surface area contributed by atoms with Crippen LogP contribution in [0.5, 0.6) is 0 Å². The van der Waals surface area contributed by atoms with Crippen molar-refractivity contribution in [3.8, 4) is 0 Å². The molecule has 2 N–H and O–H groups in total. The molecule has 1 aromatic carbocycles. The maximum Gasteiger partial charge on any atom is 0.0317 e. The van der Waals surface area contributed by atoms with Crippen LogP contribution in [0.15, 0.2) is 23.2 Å². The summed E-state index contributed by atoms with van der Waals surface area (Å²) >= 11 is 0. The number of rotatable bonds is 1. The number of benzene rings is 1. The zero-order chi connectivity index (χ0) is 10.3. The highest BCUT2D eigenvalue weighted by atomic mass is 14.6. The Bertz CT molecular complexity index is 277. The highest BCUT2D eigenvalue weighted by Gasteiger charge is 1.93. The van der Waals surface area contributed by atoms with Crippen LogP contribution < -0.4 is 5.73 Å². The molecule has 2 heteroatoms. The highest BCUT2D eigenvalue weighted by Crippen LogP contribution is 2.09. The number of nitrogen functional groups attached to an aromatic ring is 1. The molecule has 0 saturated heterocycles. The smallest absolute Gasteiger partial charge is 0.0317 e. The molecule has 0 aliphatic heterocycles. The van der Waals surface area contributed by atoms with Crippen LogP contribution in [0.3, 0.4) is 0 Å². The van der Waals surface area contributed by atoms with Gasteiger partial charge in [-0.2, -0.15) is 0 Å². The molecule has 0 spiro atoms. The molecule has 0 radical (unpaired) electrons. The Morgan fingerprint density at radius 1 is 1.31 bits per heavy atom. The number of hydrogen-bond donors (Lipinski definition) is 1. The van der Waals surface area contributed by atoms with Crippen molar-refractivity contribution in [3.63, 3.8) is 0 Å². The van der Waals surface area contributed by atoms with Crippen molar-refractivity contribution in [1.29, 1.82) is 0 Å². The van der Waals surface area contributed by atoms with Crippen molar-refractivity contribution >= 4 is 11.9 Å². The first-order valence-corrected chi connectivity index (χ1v) is 4.52. The van der Waals surface area contributed by atoms with Crippen LogP contribution in [0, 0.1) is 6.92 Å². The van der Waals surface area contributed by atoms with E-state index in [2.05, 4.69) is 4.99 Å². The molecule has 0 bridgehead atoms. The largest absolute Gasteiger partial charge is 0.399 e. The van der Waals surface area contributed by atoms with E-state index in [1.165, 1.54) is 0 Å². The van der Waals surface area contributed by atoms with E-state index in [4.69, 9.17) is 5.73 Å². The Morgan fingerprint density at radius 2 is 1.92 bits per heavy atom. The number of hydrogen-bond acceptors (Lipinski definition) is 2. The second-order valence-corrected chi connectivity index (χ2v) is 2.50. The summed E-state index contributed by atoms with van der Waals surface area (Å²) in [5.41, 5.74) is 8.67. The lowest BCUT2D eigenvalue weighted by molar-refractivity contribution is 1.41. The maximum absolute atomic E-state index is 5.58. The summed E-state index contributed by atoms with van der Waals surface area (Å²) < 4.78 is 0. The summed E-state index contributed by atoms with van der Waals surface area (Å²) in [6.45, 7) is 6.02. The minimum absolute atomic E-state index is 0.802. The molecular formula is C11H18N2. The van der Waals surface area contributed by atoms with Gasteiger partial charge in [0.2, 0.25) is 0 Å². The van der Waals surface area contributed by atoms with Gasteiger partial charge >= 0.3 is 0 Å². The third kappa shape index (κ3) is 3.74. The quantitative estimate of drug-likeness (QED) is 0.521. The van der Waals surface area contributed by atoms with Crippen molar-refractivity contribution < 1.29 is 0 Å². The van der Waals surface area contributed by atoms with Gasteiger partial charge in [-0.15, -0.1) is 0 Å². The Hall–Kier alpha value is -1.31. The van der Waals surface area contributed by atoms with E-state index in [9.17, 15) is 0 Å². The lowest BCUT2D eigenvalue weighted by atomic mass is 10.1. The molecule has 13 heavy (non-hydrogen) atoms. The third-order valence-corrected chi connectivity index (χ3v) is 1.56. The molecule has 72 valence electrons. The maximum atomic E-state index is 5.58. The lowest BCUT2D eigenvalue weighted by Crippen LogP contribution is -1.90. The first kappa shape index (κ1) is 11.7. The Balaban J connectivity index is 0.000000671. The molecule has 1 aromatic rings. The molecule has 0 heterocycles. The van der Waals surface area contributed by atoms with E-state index in [1.807, 2.05) is 45.2 Å². The molecule has 0 amide bonds.